The molecule has 1 aliphatic carbocycles. The molecule has 1 aliphatic rings. The van der Waals surface area contributed by atoms with Gasteiger partial charge in [-0.1, -0.05) is 30.3 Å². The van der Waals surface area contributed by atoms with E-state index in [0.29, 0.717) is 41.7 Å². The molecule has 7 heteroatoms. The quantitative estimate of drug-likeness (QED) is 0.333. The SMILES string of the molecule is CCOC(=O)c1c(NC(=O)c2ccccc2OCCOc2ccccc2)sc2c1CCCC2. The van der Waals surface area contributed by atoms with Crippen LogP contribution in [0.2, 0.25) is 0 Å². The van der Waals surface area contributed by atoms with Crippen molar-refractivity contribution in [1.29, 1.82) is 0 Å². The maximum Gasteiger partial charge on any atom is 0.341 e. The zero-order valence-corrected chi connectivity index (χ0v) is 19.4. The molecule has 33 heavy (non-hydrogen) atoms. The lowest BCUT2D eigenvalue weighted by Gasteiger charge is -2.13. The van der Waals surface area contributed by atoms with Gasteiger partial charge >= 0.3 is 5.97 Å². The summed E-state index contributed by atoms with van der Waals surface area (Å²) in [7, 11) is 0. The number of hydrogen-bond donors (Lipinski definition) is 1. The molecular formula is C26H27NO5S. The van der Waals surface area contributed by atoms with Gasteiger partial charge in [0, 0.05) is 4.88 Å². The second-order valence-electron chi connectivity index (χ2n) is 7.60. The van der Waals surface area contributed by atoms with Crippen molar-refractivity contribution in [2.75, 3.05) is 25.1 Å². The molecule has 1 amide bonds. The molecule has 172 valence electrons. The number of anilines is 1. The van der Waals surface area contributed by atoms with E-state index >= 15 is 0 Å². The number of ether oxygens (including phenoxy) is 3. The van der Waals surface area contributed by atoms with Gasteiger partial charge in [-0.05, 0) is 62.4 Å². The molecule has 0 atom stereocenters. The summed E-state index contributed by atoms with van der Waals surface area (Å²) in [5, 5.41) is 3.50. The molecule has 1 aromatic heterocycles. The van der Waals surface area contributed by atoms with E-state index in [9.17, 15) is 9.59 Å². The van der Waals surface area contributed by atoms with E-state index < -0.39 is 0 Å². The zero-order valence-electron chi connectivity index (χ0n) is 18.6. The van der Waals surface area contributed by atoms with E-state index in [-0.39, 0.29) is 11.9 Å². The second-order valence-corrected chi connectivity index (χ2v) is 8.70. The first-order valence-electron chi connectivity index (χ1n) is 11.2. The molecule has 0 radical (unpaired) electrons. The van der Waals surface area contributed by atoms with Crippen molar-refractivity contribution in [1.82, 2.24) is 0 Å². The number of thiophene rings is 1. The summed E-state index contributed by atoms with van der Waals surface area (Å²) in [6.07, 6.45) is 3.87. The van der Waals surface area contributed by atoms with Gasteiger partial charge in [0.05, 0.1) is 17.7 Å². The predicted molar refractivity (Wildman–Crippen MR) is 129 cm³/mol. The van der Waals surface area contributed by atoms with Crippen LogP contribution in [-0.2, 0) is 17.6 Å². The highest BCUT2D eigenvalue weighted by Gasteiger charge is 2.28. The molecule has 3 aromatic rings. The van der Waals surface area contributed by atoms with Crippen LogP contribution in [0.3, 0.4) is 0 Å². The highest BCUT2D eigenvalue weighted by Crippen LogP contribution is 2.39. The lowest BCUT2D eigenvalue weighted by Crippen LogP contribution is -2.17. The standard InChI is InChI=1S/C26H27NO5S/c1-2-30-26(29)23-20-13-7-9-15-22(20)33-25(23)27-24(28)19-12-6-8-14-21(19)32-17-16-31-18-10-4-3-5-11-18/h3-6,8,10-12,14H,2,7,9,13,15-17H2,1H3,(H,27,28). The van der Waals surface area contributed by atoms with E-state index in [1.165, 1.54) is 11.3 Å². The van der Waals surface area contributed by atoms with Crippen LogP contribution < -0.4 is 14.8 Å². The Kier molecular flexibility index (Phi) is 7.62. The molecule has 0 fully saturated rings. The fraction of sp³-hybridized carbons (Fsp3) is 0.308. The second kappa shape index (κ2) is 11.0. The van der Waals surface area contributed by atoms with Crippen LogP contribution in [0.25, 0.3) is 0 Å². The van der Waals surface area contributed by atoms with E-state index in [1.807, 2.05) is 36.4 Å². The average Bonchev–Trinajstić information content (AvgIpc) is 3.20. The number of aryl methyl sites for hydroxylation is 1. The molecule has 0 bridgehead atoms. The molecule has 0 spiro atoms. The van der Waals surface area contributed by atoms with E-state index in [2.05, 4.69) is 5.32 Å². The predicted octanol–water partition coefficient (Wildman–Crippen LogP) is 5.51. The summed E-state index contributed by atoms with van der Waals surface area (Å²) >= 11 is 1.47. The van der Waals surface area contributed by atoms with Crippen molar-refractivity contribution in [3.05, 3.63) is 76.2 Å². The van der Waals surface area contributed by atoms with Gasteiger partial charge in [-0.2, -0.15) is 0 Å². The van der Waals surface area contributed by atoms with Crippen LogP contribution in [0.1, 0.15) is 50.9 Å². The summed E-state index contributed by atoms with van der Waals surface area (Å²) in [4.78, 5) is 27.0. The first-order valence-corrected chi connectivity index (χ1v) is 12.0. The highest BCUT2D eigenvalue weighted by atomic mass is 32.1. The van der Waals surface area contributed by atoms with Crippen molar-refractivity contribution in [3.63, 3.8) is 0 Å². The number of amides is 1. The third kappa shape index (κ3) is 5.54. The van der Waals surface area contributed by atoms with Gasteiger partial charge in [0.25, 0.3) is 5.91 Å². The number of carbonyl (C=O) groups is 2. The topological polar surface area (TPSA) is 73.9 Å². The van der Waals surface area contributed by atoms with E-state index in [1.54, 1.807) is 25.1 Å². The van der Waals surface area contributed by atoms with Crippen molar-refractivity contribution in [3.8, 4) is 11.5 Å². The molecule has 0 unspecified atom stereocenters. The number of rotatable bonds is 9. The number of para-hydroxylation sites is 2. The van der Waals surface area contributed by atoms with Crippen molar-refractivity contribution in [2.45, 2.75) is 32.6 Å². The number of hydrogen-bond acceptors (Lipinski definition) is 6. The van der Waals surface area contributed by atoms with Crippen molar-refractivity contribution in [2.24, 2.45) is 0 Å². The van der Waals surface area contributed by atoms with Crippen molar-refractivity contribution >= 4 is 28.2 Å². The van der Waals surface area contributed by atoms with E-state index in [4.69, 9.17) is 14.2 Å². The number of nitrogens with one attached hydrogen (secondary N) is 1. The van der Waals surface area contributed by atoms with Gasteiger partial charge in [0.1, 0.15) is 29.7 Å². The summed E-state index contributed by atoms with van der Waals surface area (Å²) in [5.74, 6) is 0.527. The third-order valence-electron chi connectivity index (χ3n) is 5.36. The maximum absolute atomic E-state index is 13.2. The molecule has 6 nitrogen and oxygen atoms in total. The number of benzene rings is 2. The highest BCUT2D eigenvalue weighted by molar-refractivity contribution is 7.17. The summed E-state index contributed by atoms with van der Waals surface area (Å²) in [5.41, 5.74) is 1.92. The van der Waals surface area contributed by atoms with Crippen LogP contribution >= 0.6 is 11.3 Å². The summed E-state index contributed by atoms with van der Waals surface area (Å²) in [6.45, 7) is 2.72. The Morgan fingerprint density at radius 2 is 1.67 bits per heavy atom. The minimum absolute atomic E-state index is 0.290. The molecular weight excluding hydrogens is 438 g/mol. The lowest BCUT2D eigenvalue weighted by atomic mass is 9.95. The molecule has 1 heterocycles. The minimum Gasteiger partial charge on any atom is -0.490 e. The van der Waals surface area contributed by atoms with Crippen LogP contribution in [0, 0.1) is 0 Å². The Labute approximate surface area is 197 Å². The van der Waals surface area contributed by atoms with Gasteiger partial charge in [-0.25, -0.2) is 4.79 Å². The van der Waals surface area contributed by atoms with E-state index in [0.717, 1.165) is 41.9 Å². The monoisotopic (exact) mass is 465 g/mol. The minimum atomic E-state index is -0.380. The van der Waals surface area contributed by atoms with Gasteiger partial charge in [-0.15, -0.1) is 11.3 Å². The fourth-order valence-electron chi connectivity index (χ4n) is 3.85. The normalized spacial score (nSPS) is 12.5. The van der Waals surface area contributed by atoms with Gasteiger partial charge in [-0.3, -0.25) is 4.79 Å². The Hall–Kier alpha value is -3.32. The lowest BCUT2D eigenvalue weighted by molar-refractivity contribution is 0.0526. The first-order chi connectivity index (χ1) is 16.2. The average molecular weight is 466 g/mol. The summed E-state index contributed by atoms with van der Waals surface area (Å²) in [6, 6.07) is 16.6. The molecule has 2 aromatic carbocycles. The largest absolute Gasteiger partial charge is 0.490 e. The Morgan fingerprint density at radius 1 is 0.939 bits per heavy atom. The third-order valence-corrected chi connectivity index (χ3v) is 6.57. The molecule has 1 N–H and O–H groups in total. The first kappa shape index (κ1) is 22.9. The smallest absolute Gasteiger partial charge is 0.341 e. The Balaban J connectivity index is 1.47. The van der Waals surface area contributed by atoms with Gasteiger partial charge in [0.2, 0.25) is 0 Å². The van der Waals surface area contributed by atoms with Gasteiger partial charge < -0.3 is 19.5 Å². The molecule has 0 saturated carbocycles. The zero-order chi connectivity index (χ0) is 23.0. The van der Waals surface area contributed by atoms with Crippen LogP contribution in [-0.4, -0.2) is 31.7 Å². The molecule has 0 aliphatic heterocycles. The number of esters is 1. The Bertz CT molecular complexity index is 1110. The van der Waals surface area contributed by atoms with Crippen LogP contribution in [0.4, 0.5) is 5.00 Å². The van der Waals surface area contributed by atoms with Crippen LogP contribution in [0.15, 0.2) is 54.6 Å². The summed E-state index contributed by atoms with van der Waals surface area (Å²) < 4.78 is 16.8. The van der Waals surface area contributed by atoms with Crippen LogP contribution in [0.5, 0.6) is 11.5 Å². The number of carbonyl (C=O) groups excluding carboxylic acids is 2. The van der Waals surface area contributed by atoms with Gasteiger partial charge in [0.15, 0.2) is 0 Å². The maximum atomic E-state index is 13.2. The Morgan fingerprint density at radius 3 is 2.48 bits per heavy atom. The number of fused-ring (bicyclic) bond motifs is 1. The molecule has 4 rings (SSSR count). The fourth-order valence-corrected chi connectivity index (χ4v) is 5.12. The van der Waals surface area contributed by atoms with Crippen molar-refractivity contribution < 1.29 is 23.8 Å². The molecule has 0 saturated heterocycles.